The molecule has 4 nitrogen and oxygen atoms in total. The van der Waals surface area contributed by atoms with Gasteiger partial charge in [0.25, 0.3) is 0 Å². The summed E-state index contributed by atoms with van der Waals surface area (Å²) in [5.41, 5.74) is 0. The fourth-order valence-electron chi connectivity index (χ4n) is 0.167. The lowest BCUT2D eigenvalue weighted by atomic mass is 9.94. The summed E-state index contributed by atoms with van der Waals surface area (Å²) in [6, 6.07) is 0. The predicted molar refractivity (Wildman–Crippen MR) is 44.1 cm³/mol. The van der Waals surface area contributed by atoms with E-state index in [0.717, 1.165) is 5.98 Å². The van der Waals surface area contributed by atoms with Gasteiger partial charge < -0.3 is 19.5 Å². The molecule has 66 valence electrons. The molecule has 0 rings (SSSR count). The number of hydrogen-bond donors (Lipinski definition) is 2. The Kier molecular flexibility index (Phi) is 14.9. The highest BCUT2D eigenvalue weighted by molar-refractivity contribution is 6.47. The van der Waals surface area contributed by atoms with Crippen molar-refractivity contribution in [2.24, 2.45) is 0 Å². The van der Waals surface area contributed by atoms with Crippen molar-refractivity contribution in [2.45, 2.75) is 0 Å². The Morgan fingerprint density at radius 2 is 1.55 bits per heavy atom. The maximum atomic E-state index is 7.80. The van der Waals surface area contributed by atoms with Gasteiger partial charge in [0.2, 0.25) is 0 Å². The topological polar surface area (TPSA) is 58.9 Å². The third-order valence-electron chi connectivity index (χ3n) is 0.702. The van der Waals surface area contributed by atoms with Crippen molar-refractivity contribution in [1.82, 2.24) is 0 Å². The fourth-order valence-corrected chi connectivity index (χ4v) is 0.167. The lowest BCUT2D eigenvalue weighted by Gasteiger charge is -1.91. The van der Waals surface area contributed by atoms with Gasteiger partial charge in [0.1, 0.15) is 0 Å². The second kappa shape index (κ2) is 12.3. The summed E-state index contributed by atoms with van der Waals surface area (Å²) in [6.07, 6.45) is 0. The Morgan fingerprint density at radius 3 is 1.64 bits per heavy atom. The van der Waals surface area contributed by atoms with Crippen LogP contribution in [0.1, 0.15) is 0 Å². The average molecular weight is 162 g/mol. The number of rotatable bonds is 4. The predicted octanol–water partition coefficient (Wildman–Crippen LogP) is -0.536. The van der Waals surface area contributed by atoms with Gasteiger partial charge in [-0.2, -0.15) is 0 Å². The third kappa shape index (κ3) is 26.1. The van der Waals surface area contributed by atoms with Crippen LogP contribution in [-0.4, -0.2) is 44.6 Å². The number of methoxy groups -OCH3 is 2. The third-order valence-corrected chi connectivity index (χ3v) is 0.702. The first-order valence-corrected chi connectivity index (χ1v) is 3.15. The molecule has 0 saturated carbocycles. The van der Waals surface area contributed by atoms with Crippen LogP contribution in [0, 0.1) is 0 Å². The van der Waals surface area contributed by atoms with Crippen LogP contribution in [0.4, 0.5) is 0 Å². The first-order valence-electron chi connectivity index (χ1n) is 3.15. The van der Waals surface area contributed by atoms with Gasteiger partial charge in [-0.15, -0.1) is 6.58 Å². The number of ether oxygens (including phenoxy) is 2. The Balaban J connectivity index is 0. The van der Waals surface area contributed by atoms with E-state index in [9.17, 15) is 0 Å². The Bertz CT molecular complexity index is 73.0. The normalized spacial score (nSPS) is 8.00. The maximum absolute atomic E-state index is 7.80. The van der Waals surface area contributed by atoms with Crippen LogP contribution in [0.3, 0.4) is 0 Å². The molecule has 0 saturated heterocycles. The molecule has 0 aliphatic carbocycles. The summed E-state index contributed by atoms with van der Waals surface area (Å²) in [6.45, 7) is 4.44. The molecule has 0 heterocycles. The molecule has 0 aromatic rings. The van der Waals surface area contributed by atoms with Crippen molar-refractivity contribution >= 4 is 7.12 Å². The van der Waals surface area contributed by atoms with Crippen LogP contribution in [0.25, 0.3) is 0 Å². The van der Waals surface area contributed by atoms with E-state index in [-0.39, 0.29) is 0 Å². The summed E-state index contributed by atoms with van der Waals surface area (Å²) in [5, 5.41) is 15.6. The van der Waals surface area contributed by atoms with Gasteiger partial charge in [-0.05, 0) is 0 Å². The molecule has 0 aromatic carbocycles. The van der Waals surface area contributed by atoms with Gasteiger partial charge in [0.15, 0.2) is 0 Å². The van der Waals surface area contributed by atoms with Gasteiger partial charge in [-0.25, -0.2) is 0 Å². The minimum absolute atomic E-state index is 0.691. The van der Waals surface area contributed by atoms with Crippen LogP contribution in [0.2, 0.25) is 0 Å². The van der Waals surface area contributed by atoms with Crippen LogP contribution in [-0.2, 0) is 9.47 Å². The molecule has 0 fully saturated rings. The van der Waals surface area contributed by atoms with E-state index < -0.39 is 7.12 Å². The van der Waals surface area contributed by atoms with Crippen LogP contribution < -0.4 is 0 Å². The van der Waals surface area contributed by atoms with Crippen molar-refractivity contribution in [1.29, 1.82) is 0 Å². The monoisotopic (exact) mass is 162 g/mol. The summed E-state index contributed by atoms with van der Waals surface area (Å²) < 4.78 is 9.31. The molecule has 0 radical (unpaired) electrons. The van der Waals surface area contributed by atoms with Gasteiger partial charge in [-0.1, -0.05) is 5.98 Å². The van der Waals surface area contributed by atoms with Gasteiger partial charge in [0.05, 0.1) is 13.2 Å². The van der Waals surface area contributed by atoms with Crippen LogP contribution in [0.5, 0.6) is 0 Å². The van der Waals surface area contributed by atoms with Crippen molar-refractivity contribution in [3.05, 3.63) is 12.6 Å². The zero-order valence-electron chi connectivity index (χ0n) is 6.99. The minimum Gasteiger partial charge on any atom is -0.424 e. The van der Waals surface area contributed by atoms with E-state index in [1.54, 1.807) is 14.2 Å². The minimum atomic E-state index is -1.35. The standard InChI is InChI=1S/C4H10O2.C2H5BO2/c1-5-3-4-6-2;1-2-3(4)5/h3-4H2,1-2H3;2,4-5H,1H2. The van der Waals surface area contributed by atoms with Crippen molar-refractivity contribution in [3.63, 3.8) is 0 Å². The van der Waals surface area contributed by atoms with Gasteiger partial charge in [0, 0.05) is 14.2 Å². The Morgan fingerprint density at radius 1 is 1.27 bits per heavy atom. The van der Waals surface area contributed by atoms with Crippen molar-refractivity contribution in [2.75, 3.05) is 27.4 Å². The molecule has 0 spiro atoms. The highest BCUT2D eigenvalue weighted by Crippen LogP contribution is 1.65. The van der Waals surface area contributed by atoms with Crippen molar-refractivity contribution in [3.8, 4) is 0 Å². The molecule has 0 aliphatic rings. The molecule has 5 heteroatoms. The average Bonchev–Trinajstić information content (AvgIpc) is 2.02. The van der Waals surface area contributed by atoms with E-state index in [1.165, 1.54) is 0 Å². The Hall–Kier alpha value is -0.355. The maximum Gasteiger partial charge on any atom is 0.480 e. The SMILES string of the molecule is C=CB(O)O.COCCOC. The van der Waals surface area contributed by atoms with E-state index in [0.29, 0.717) is 13.2 Å². The first-order chi connectivity index (χ1) is 5.18. The second-order valence-electron chi connectivity index (χ2n) is 1.63. The van der Waals surface area contributed by atoms with Crippen LogP contribution >= 0.6 is 0 Å². The number of hydrogen-bond acceptors (Lipinski definition) is 4. The lowest BCUT2D eigenvalue weighted by Crippen LogP contribution is -2.03. The van der Waals surface area contributed by atoms with Gasteiger partial charge >= 0.3 is 7.12 Å². The highest BCUT2D eigenvalue weighted by atomic mass is 16.5. The molecule has 0 aliphatic heterocycles. The van der Waals surface area contributed by atoms with Crippen LogP contribution in [0.15, 0.2) is 12.6 Å². The molecule has 0 amide bonds. The fraction of sp³-hybridized carbons (Fsp3) is 0.667. The summed E-state index contributed by atoms with van der Waals surface area (Å²) in [5.74, 6) is 1.03. The summed E-state index contributed by atoms with van der Waals surface area (Å²) in [4.78, 5) is 0. The molecule has 11 heavy (non-hydrogen) atoms. The molecule has 2 N–H and O–H groups in total. The van der Waals surface area contributed by atoms with E-state index in [1.807, 2.05) is 0 Å². The van der Waals surface area contributed by atoms with E-state index >= 15 is 0 Å². The molecular formula is C6H15BO4. The van der Waals surface area contributed by atoms with E-state index in [4.69, 9.17) is 10.0 Å². The van der Waals surface area contributed by atoms with Gasteiger partial charge in [-0.3, -0.25) is 0 Å². The smallest absolute Gasteiger partial charge is 0.424 e. The zero-order valence-corrected chi connectivity index (χ0v) is 6.99. The molecular weight excluding hydrogens is 147 g/mol. The molecule has 0 bridgehead atoms. The summed E-state index contributed by atoms with van der Waals surface area (Å²) in [7, 11) is 1.95. The molecule has 0 unspecified atom stereocenters. The summed E-state index contributed by atoms with van der Waals surface area (Å²) >= 11 is 0. The lowest BCUT2D eigenvalue weighted by molar-refractivity contribution is 0.103. The molecule has 0 atom stereocenters. The highest BCUT2D eigenvalue weighted by Gasteiger charge is 1.92. The molecule has 0 aromatic heterocycles. The second-order valence-corrected chi connectivity index (χ2v) is 1.63. The Labute approximate surface area is 67.6 Å². The quantitative estimate of drug-likeness (QED) is 0.430. The zero-order chi connectivity index (χ0) is 9.11. The van der Waals surface area contributed by atoms with Crippen molar-refractivity contribution < 1.29 is 19.5 Å². The van der Waals surface area contributed by atoms with E-state index in [2.05, 4.69) is 16.1 Å². The first kappa shape index (κ1) is 13.3. The largest absolute Gasteiger partial charge is 0.480 e.